The van der Waals surface area contributed by atoms with Crippen molar-refractivity contribution in [2.75, 3.05) is 26.2 Å². The molecule has 0 spiro atoms. The second-order valence-corrected chi connectivity index (χ2v) is 6.79. The van der Waals surface area contributed by atoms with Crippen molar-refractivity contribution in [3.63, 3.8) is 0 Å². The van der Waals surface area contributed by atoms with Crippen LogP contribution < -0.4 is 0 Å². The van der Waals surface area contributed by atoms with Crippen LogP contribution in [0.2, 0.25) is 5.15 Å². The summed E-state index contributed by atoms with van der Waals surface area (Å²) in [4.78, 5) is 9.33. The maximum atomic E-state index is 9.62. The van der Waals surface area contributed by atoms with Gasteiger partial charge in [0.2, 0.25) is 0 Å². The van der Waals surface area contributed by atoms with E-state index in [-0.39, 0.29) is 6.04 Å². The van der Waals surface area contributed by atoms with Gasteiger partial charge in [0.1, 0.15) is 22.7 Å². The summed E-state index contributed by atoms with van der Waals surface area (Å²) < 4.78 is 1.84. The van der Waals surface area contributed by atoms with Crippen LogP contribution in [0.3, 0.4) is 0 Å². The molecule has 1 saturated carbocycles. The second kappa shape index (κ2) is 6.57. The predicted molar refractivity (Wildman–Crippen MR) is 86.7 cm³/mol. The molecule has 1 aliphatic heterocycles. The summed E-state index contributed by atoms with van der Waals surface area (Å²) in [5.41, 5.74) is 0.707. The Morgan fingerprint density at radius 1 is 1.23 bits per heavy atom. The van der Waals surface area contributed by atoms with Crippen LogP contribution in [0.1, 0.15) is 43.2 Å². The molecule has 1 unspecified atom stereocenters. The molecule has 3 rings (SSSR count). The van der Waals surface area contributed by atoms with Gasteiger partial charge < -0.3 is 4.57 Å². The van der Waals surface area contributed by atoms with Crippen molar-refractivity contribution in [3.8, 4) is 6.07 Å². The van der Waals surface area contributed by atoms with E-state index in [9.17, 15) is 5.26 Å². The lowest BCUT2D eigenvalue weighted by molar-refractivity contribution is 0.0831. The van der Waals surface area contributed by atoms with E-state index in [1.807, 2.05) is 18.5 Å². The molecule has 1 atom stereocenters. The first kappa shape index (κ1) is 15.8. The highest BCUT2D eigenvalue weighted by Crippen LogP contribution is 2.29. The molecule has 1 saturated heterocycles. The normalized spacial score (nSPS) is 22.8. The van der Waals surface area contributed by atoms with Crippen molar-refractivity contribution in [2.45, 2.75) is 44.7 Å². The van der Waals surface area contributed by atoms with Gasteiger partial charge in [-0.05, 0) is 19.8 Å². The summed E-state index contributed by atoms with van der Waals surface area (Å²) >= 11 is 6.35. The summed E-state index contributed by atoms with van der Waals surface area (Å²) in [5, 5.41) is 10.2. The van der Waals surface area contributed by atoms with Gasteiger partial charge in [-0.1, -0.05) is 24.4 Å². The fraction of sp³-hybridized carbons (Fsp3) is 0.750. The number of aromatic nitrogens is 2. The number of nitriles is 1. The van der Waals surface area contributed by atoms with Crippen LogP contribution in [-0.2, 0) is 7.05 Å². The minimum Gasteiger partial charge on any atom is -0.322 e. The number of nitrogens with zero attached hydrogens (tertiary/aromatic N) is 5. The number of imidazole rings is 1. The Morgan fingerprint density at radius 2 is 1.86 bits per heavy atom. The Labute approximate surface area is 137 Å². The van der Waals surface area contributed by atoms with Gasteiger partial charge >= 0.3 is 0 Å². The van der Waals surface area contributed by atoms with E-state index in [4.69, 9.17) is 11.6 Å². The van der Waals surface area contributed by atoms with Crippen molar-refractivity contribution < 1.29 is 0 Å². The third-order valence-corrected chi connectivity index (χ3v) is 5.66. The van der Waals surface area contributed by atoms with Crippen LogP contribution in [0.4, 0.5) is 0 Å². The summed E-state index contributed by atoms with van der Waals surface area (Å²) in [6, 6.07) is 2.83. The Hall–Kier alpha value is -1.09. The van der Waals surface area contributed by atoms with Gasteiger partial charge in [-0.3, -0.25) is 9.80 Å². The molecule has 6 heteroatoms. The first-order valence-electron chi connectivity index (χ1n) is 8.18. The molecule has 22 heavy (non-hydrogen) atoms. The number of piperazine rings is 1. The Bertz CT molecular complexity index is 562. The van der Waals surface area contributed by atoms with Crippen molar-refractivity contribution in [2.24, 2.45) is 7.05 Å². The predicted octanol–water partition coefficient (Wildman–Crippen LogP) is 2.51. The van der Waals surface area contributed by atoms with Crippen LogP contribution in [0.5, 0.6) is 0 Å². The zero-order valence-electron chi connectivity index (χ0n) is 13.4. The molecule has 120 valence electrons. The third-order valence-electron chi connectivity index (χ3n) is 5.21. The molecule has 0 aromatic carbocycles. The van der Waals surface area contributed by atoms with Crippen molar-refractivity contribution in [3.05, 3.63) is 16.7 Å². The van der Waals surface area contributed by atoms with Gasteiger partial charge in [0.15, 0.2) is 0 Å². The Kier molecular flexibility index (Phi) is 4.72. The van der Waals surface area contributed by atoms with Gasteiger partial charge in [0.05, 0.1) is 6.07 Å². The number of hydrogen-bond donors (Lipinski definition) is 0. The van der Waals surface area contributed by atoms with E-state index in [1.54, 1.807) is 0 Å². The first-order valence-corrected chi connectivity index (χ1v) is 8.56. The second-order valence-electron chi connectivity index (χ2n) is 6.44. The zero-order valence-corrected chi connectivity index (χ0v) is 14.2. The molecule has 2 aliphatic rings. The van der Waals surface area contributed by atoms with Crippen LogP contribution in [-0.4, -0.2) is 51.6 Å². The smallest absolute Gasteiger partial charge is 0.144 e. The van der Waals surface area contributed by atoms with Gasteiger partial charge in [-0.15, -0.1) is 0 Å². The lowest BCUT2D eigenvalue weighted by Gasteiger charge is -2.39. The number of halogens is 1. The van der Waals surface area contributed by atoms with E-state index < -0.39 is 0 Å². The van der Waals surface area contributed by atoms with E-state index in [1.165, 1.54) is 25.7 Å². The quantitative estimate of drug-likeness (QED) is 0.858. The molecule has 0 amide bonds. The molecule has 1 aromatic heterocycles. The van der Waals surface area contributed by atoms with Crippen LogP contribution in [0.25, 0.3) is 0 Å². The fourth-order valence-corrected chi connectivity index (χ4v) is 4.00. The van der Waals surface area contributed by atoms with Crippen LogP contribution in [0.15, 0.2) is 0 Å². The topological polar surface area (TPSA) is 48.1 Å². The minimum atomic E-state index is -0.335. The number of aryl methyl sites for hydroxylation is 1. The fourth-order valence-electron chi connectivity index (χ4n) is 3.73. The number of hydrogen-bond acceptors (Lipinski definition) is 4. The maximum Gasteiger partial charge on any atom is 0.144 e. The van der Waals surface area contributed by atoms with Crippen LogP contribution >= 0.6 is 11.6 Å². The molecule has 2 fully saturated rings. The highest BCUT2D eigenvalue weighted by atomic mass is 35.5. The molecule has 1 aromatic rings. The van der Waals surface area contributed by atoms with E-state index in [0.29, 0.717) is 10.8 Å². The molecule has 0 N–H and O–H groups in total. The summed E-state index contributed by atoms with van der Waals surface area (Å²) in [6.45, 7) is 5.85. The van der Waals surface area contributed by atoms with Gasteiger partial charge in [0.25, 0.3) is 0 Å². The van der Waals surface area contributed by atoms with E-state index >= 15 is 0 Å². The molecule has 0 bridgehead atoms. The standard InChI is InChI=1S/C16H24ClN5/c1-12-19-15(16(17)20(12)2)14(11-18)22-9-7-21(8-10-22)13-5-3-4-6-13/h13-14H,3-10H2,1-2H3. The van der Waals surface area contributed by atoms with Crippen molar-refractivity contribution in [1.82, 2.24) is 19.4 Å². The van der Waals surface area contributed by atoms with E-state index in [2.05, 4.69) is 20.9 Å². The highest BCUT2D eigenvalue weighted by Gasteiger charge is 2.32. The van der Waals surface area contributed by atoms with Gasteiger partial charge in [0, 0.05) is 39.3 Å². The Balaban J connectivity index is 1.68. The molecular weight excluding hydrogens is 298 g/mol. The molecule has 1 aliphatic carbocycles. The third kappa shape index (κ3) is 2.88. The summed E-state index contributed by atoms with van der Waals surface area (Å²) in [7, 11) is 1.89. The maximum absolute atomic E-state index is 9.62. The average molecular weight is 322 g/mol. The lowest BCUT2D eigenvalue weighted by atomic mass is 10.1. The molecular formula is C16H24ClN5. The summed E-state index contributed by atoms with van der Waals surface area (Å²) in [5.74, 6) is 0.852. The van der Waals surface area contributed by atoms with Crippen LogP contribution in [0, 0.1) is 18.3 Å². The van der Waals surface area contributed by atoms with Crippen molar-refractivity contribution in [1.29, 1.82) is 5.26 Å². The van der Waals surface area contributed by atoms with Gasteiger partial charge in [-0.25, -0.2) is 4.98 Å². The highest BCUT2D eigenvalue weighted by molar-refractivity contribution is 6.30. The SMILES string of the molecule is Cc1nc(C(C#N)N2CCN(C3CCCC3)CC2)c(Cl)n1C. The molecule has 0 radical (unpaired) electrons. The largest absolute Gasteiger partial charge is 0.322 e. The molecule has 5 nitrogen and oxygen atoms in total. The first-order chi connectivity index (χ1) is 10.6. The van der Waals surface area contributed by atoms with E-state index in [0.717, 1.165) is 38.0 Å². The Morgan fingerprint density at radius 3 is 2.36 bits per heavy atom. The average Bonchev–Trinajstić information content (AvgIpc) is 3.15. The molecule has 2 heterocycles. The summed E-state index contributed by atoms with van der Waals surface area (Å²) in [6.07, 6.45) is 5.42. The number of rotatable bonds is 3. The monoisotopic (exact) mass is 321 g/mol. The zero-order chi connectivity index (χ0) is 15.7. The minimum absolute atomic E-state index is 0.335. The van der Waals surface area contributed by atoms with Crippen molar-refractivity contribution >= 4 is 11.6 Å². The lowest BCUT2D eigenvalue weighted by Crippen LogP contribution is -2.50. The van der Waals surface area contributed by atoms with Gasteiger partial charge in [-0.2, -0.15) is 5.26 Å².